The Bertz CT molecular complexity index is 287. The van der Waals surface area contributed by atoms with Crippen LogP contribution in [0.2, 0.25) is 0 Å². The number of benzene rings is 1. The summed E-state index contributed by atoms with van der Waals surface area (Å²) >= 11 is 5.03. The van der Waals surface area contributed by atoms with E-state index in [1.165, 1.54) is 4.90 Å². The van der Waals surface area contributed by atoms with E-state index >= 15 is 0 Å². The summed E-state index contributed by atoms with van der Waals surface area (Å²) in [6, 6.07) is 8.05. The van der Waals surface area contributed by atoms with Gasteiger partial charge < -0.3 is 10.8 Å². The van der Waals surface area contributed by atoms with Crippen LogP contribution < -0.4 is 5.73 Å². The highest BCUT2D eigenvalue weighted by molar-refractivity contribution is 9.10. The lowest BCUT2D eigenvalue weighted by Crippen LogP contribution is -2.42. The molecule has 4 heteroatoms. The third-order valence-electron chi connectivity index (χ3n) is 1.74. The topological polar surface area (TPSA) is 46.2 Å². The minimum atomic E-state index is -0.502. The fourth-order valence-corrected chi connectivity index (χ4v) is 2.01. The molecule has 0 bridgehead atoms. The van der Waals surface area contributed by atoms with Crippen LogP contribution in [-0.2, 0) is 0 Å². The molecule has 78 valence electrons. The molecule has 0 heterocycles. The zero-order chi connectivity index (χ0) is 10.6. The molecule has 0 aliphatic heterocycles. The molecule has 1 rings (SSSR count). The normalized spacial score (nSPS) is 15.1. The Morgan fingerprint density at radius 3 is 2.50 bits per heavy atom. The van der Waals surface area contributed by atoms with Crippen LogP contribution in [0.25, 0.3) is 0 Å². The van der Waals surface area contributed by atoms with E-state index in [0.29, 0.717) is 5.75 Å². The number of halogens is 1. The molecule has 3 N–H and O–H groups in total. The number of aliphatic hydroxyl groups is 1. The smallest absolute Gasteiger partial charge is 0.0616 e. The Kier molecular flexibility index (Phi) is 4.44. The molecule has 1 aromatic rings. The molecule has 1 atom stereocenters. The first-order valence-electron chi connectivity index (χ1n) is 4.32. The first-order chi connectivity index (χ1) is 6.53. The lowest BCUT2D eigenvalue weighted by atomic mass is 10.1. The fourth-order valence-electron chi connectivity index (χ4n) is 0.825. The van der Waals surface area contributed by atoms with Gasteiger partial charge in [0.2, 0.25) is 0 Å². The van der Waals surface area contributed by atoms with E-state index in [2.05, 4.69) is 15.9 Å². The van der Waals surface area contributed by atoms with E-state index in [0.717, 1.165) is 4.47 Å². The summed E-state index contributed by atoms with van der Waals surface area (Å²) in [5, 5.41) is 8.97. The third-order valence-corrected chi connectivity index (χ3v) is 3.68. The van der Waals surface area contributed by atoms with E-state index in [4.69, 9.17) is 10.8 Å². The molecule has 0 aromatic heterocycles. The second-order valence-corrected chi connectivity index (χ2v) is 5.52. The van der Waals surface area contributed by atoms with Gasteiger partial charge in [-0.1, -0.05) is 15.9 Å². The molecule has 0 aliphatic carbocycles. The van der Waals surface area contributed by atoms with Crippen molar-refractivity contribution in [2.45, 2.75) is 17.4 Å². The van der Waals surface area contributed by atoms with Crippen molar-refractivity contribution in [2.24, 2.45) is 5.73 Å². The Morgan fingerprint density at radius 1 is 1.43 bits per heavy atom. The van der Waals surface area contributed by atoms with Crippen LogP contribution in [0.15, 0.2) is 33.6 Å². The number of hydrogen-bond acceptors (Lipinski definition) is 3. The highest BCUT2D eigenvalue weighted by Gasteiger charge is 2.16. The molecular weight excluding hydrogens is 262 g/mol. The zero-order valence-electron chi connectivity index (χ0n) is 8.03. The Labute approximate surface area is 97.0 Å². The van der Waals surface area contributed by atoms with Gasteiger partial charge in [0.25, 0.3) is 0 Å². The van der Waals surface area contributed by atoms with Crippen molar-refractivity contribution in [3.8, 4) is 0 Å². The average molecular weight is 276 g/mol. The maximum absolute atomic E-state index is 8.97. The molecule has 0 saturated carbocycles. The lowest BCUT2D eigenvalue weighted by Gasteiger charge is -2.20. The van der Waals surface area contributed by atoms with Gasteiger partial charge in [0.1, 0.15) is 0 Å². The average Bonchev–Trinajstić information content (AvgIpc) is 2.17. The molecule has 1 unspecified atom stereocenters. The Balaban J connectivity index is 2.50. The second-order valence-electron chi connectivity index (χ2n) is 3.55. The van der Waals surface area contributed by atoms with E-state index < -0.39 is 5.54 Å². The van der Waals surface area contributed by atoms with Crippen LogP contribution >= 0.6 is 27.7 Å². The predicted octanol–water partition coefficient (Wildman–Crippen LogP) is 2.25. The molecule has 0 saturated heterocycles. The maximum Gasteiger partial charge on any atom is 0.0616 e. The van der Waals surface area contributed by atoms with Crippen molar-refractivity contribution in [3.63, 3.8) is 0 Å². The lowest BCUT2D eigenvalue weighted by molar-refractivity contribution is 0.224. The van der Waals surface area contributed by atoms with Crippen LogP contribution in [0.4, 0.5) is 0 Å². The van der Waals surface area contributed by atoms with Crippen molar-refractivity contribution < 1.29 is 5.11 Å². The highest BCUT2D eigenvalue weighted by Crippen LogP contribution is 2.23. The predicted molar refractivity (Wildman–Crippen MR) is 64.5 cm³/mol. The number of thioether (sulfide) groups is 1. The minimum Gasteiger partial charge on any atom is -0.394 e. The van der Waals surface area contributed by atoms with Crippen LogP contribution in [0.1, 0.15) is 6.92 Å². The molecule has 0 amide bonds. The summed E-state index contributed by atoms with van der Waals surface area (Å²) in [7, 11) is 0. The van der Waals surface area contributed by atoms with Gasteiger partial charge in [-0.2, -0.15) is 0 Å². The minimum absolute atomic E-state index is 0.0104. The Morgan fingerprint density at radius 2 is 2.00 bits per heavy atom. The summed E-state index contributed by atoms with van der Waals surface area (Å²) in [4.78, 5) is 1.17. The van der Waals surface area contributed by atoms with Crippen molar-refractivity contribution in [1.82, 2.24) is 0 Å². The number of rotatable bonds is 4. The molecule has 0 aliphatic rings. The van der Waals surface area contributed by atoms with Crippen molar-refractivity contribution in [3.05, 3.63) is 28.7 Å². The van der Waals surface area contributed by atoms with Gasteiger partial charge in [0.05, 0.1) is 6.61 Å². The molecule has 2 nitrogen and oxygen atoms in total. The van der Waals surface area contributed by atoms with E-state index in [1.54, 1.807) is 11.8 Å². The van der Waals surface area contributed by atoms with Gasteiger partial charge in [-0.3, -0.25) is 0 Å². The van der Waals surface area contributed by atoms with Crippen LogP contribution in [0.5, 0.6) is 0 Å². The van der Waals surface area contributed by atoms with Gasteiger partial charge in [-0.15, -0.1) is 11.8 Å². The van der Waals surface area contributed by atoms with Gasteiger partial charge in [0.15, 0.2) is 0 Å². The van der Waals surface area contributed by atoms with Gasteiger partial charge >= 0.3 is 0 Å². The molecular formula is C10H14BrNOS. The molecule has 1 aromatic carbocycles. The highest BCUT2D eigenvalue weighted by atomic mass is 79.9. The fraction of sp³-hybridized carbons (Fsp3) is 0.400. The molecule has 0 fully saturated rings. The number of nitrogens with two attached hydrogens (primary N) is 1. The standard InChI is InChI=1S/C10H14BrNOS/c1-10(12,6-13)7-14-9-4-2-8(11)3-5-9/h2-5,13H,6-7,12H2,1H3. The van der Waals surface area contributed by atoms with Crippen LogP contribution in [-0.4, -0.2) is 23.0 Å². The Hall–Kier alpha value is -0.0300. The van der Waals surface area contributed by atoms with Gasteiger partial charge in [-0.25, -0.2) is 0 Å². The monoisotopic (exact) mass is 275 g/mol. The van der Waals surface area contributed by atoms with Gasteiger partial charge in [-0.05, 0) is 31.2 Å². The second kappa shape index (κ2) is 5.16. The first-order valence-corrected chi connectivity index (χ1v) is 6.09. The van der Waals surface area contributed by atoms with Crippen molar-refractivity contribution in [2.75, 3.05) is 12.4 Å². The van der Waals surface area contributed by atoms with E-state index in [-0.39, 0.29) is 6.61 Å². The van der Waals surface area contributed by atoms with E-state index in [9.17, 15) is 0 Å². The summed E-state index contributed by atoms with van der Waals surface area (Å²) in [5.74, 6) is 0.713. The molecule has 14 heavy (non-hydrogen) atoms. The van der Waals surface area contributed by atoms with Crippen molar-refractivity contribution in [1.29, 1.82) is 0 Å². The number of aliphatic hydroxyl groups excluding tert-OH is 1. The quantitative estimate of drug-likeness (QED) is 0.829. The van der Waals surface area contributed by atoms with Crippen molar-refractivity contribution >= 4 is 27.7 Å². The van der Waals surface area contributed by atoms with Crippen LogP contribution in [0, 0.1) is 0 Å². The van der Waals surface area contributed by atoms with E-state index in [1.807, 2.05) is 31.2 Å². The van der Waals surface area contributed by atoms with Gasteiger partial charge in [0, 0.05) is 20.7 Å². The first kappa shape index (κ1) is 12.0. The van der Waals surface area contributed by atoms with Crippen LogP contribution in [0.3, 0.4) is 0 Å². The molecule has 0 spiro atoms. The zero-order valence-corrected chi connectivity index (χ0v) is 10.4. The summed E-state index contributed by atoms with van der Waals surface area (Å²) in [5.41, 5.74) is 5.31. The molecule has 0 radical (unpaired) electrons. The summed E-state index contributed by atoms with van der Waals surface area (Å²) in [6.45, 7) is 1.86. The third kappa shape index (κ3) is 4.00. The maximum atomic E-state index is 8.97. The summed E-state index contributed by atoms with van der Waals surface area (Å²) < 4.78 is 1.07. The summed E-state index contributed by atoms with van der Waals surface area (Å²) in [6.07, 6.45) is 0. The largest absolute Gasteiger partial charge is 0.394 e. The number of hydrogen-bond donors (Lipinski definition) is 2. The SMILES string of the molecule is CC(N)(CO)CSc1ccc(Br)cc1.